The van der Waals surface area contributed by atoms with Crippen LogP contribution in [0.4, 0.5) is 0 Å². The van der Waals surface area contributed by atoms with E-state index < -0.39 is 0 Å². The Morgan fingerprint density at radius 2 is 2.00 bits per heavy atom. The fourth-order valence-corrected chi connectivity index (χ4v) is 3.37. The van der Waals surface area contributed by atoms with E-state index in [2.05, 4.69) is 26.4 Å². The Morgan fingerprint density at radius 3 is 2.81 bits per heavy atom. The molecule has 7 heteroatoms. The van der Waals surface area contributed by atoms with E-state index in [9.17, 15) is 0 Å². The fourth-order valence-electron chi connectivity index (χ4n) is 3.18. The van der Waals surface area contributed by atoms with Crippen LogP contribution >= 0.6 is 24.0 Å². The molecule has 3 aromatic rings. The van der Waals surface area contributed by atoms with Crippen LogP contribution in [0, 0.1) is 0 Å². The highest BCUT2D eigenvalue weighted by molar-refractivity contribution is 6.30. The average Bonchev–Trinajstić information content (AvgIpc) is 3.11. The van der Waals surface area contributed by atoms with Gasteiger partial charge in [-0.1, -0.05) is 47.1 Å². The van der Waals surface area contributed by atoms with E-state index in [0.29, 0.717) is 18.3 Å². The van der Waals surface area contributed by atoms with Gasteiger partial charge in [-0.05, 0) is 29.8 Å². The second kappa shape index (κ2) is 8.64. The molecular formula is C19H20Cl2N4O. The molecule has 1 atom stereocenters. The van der Waals surface area contributed by atoms with Crippen molar-refractivity contribution in [2.24, 2.45) is 0 Å². The molecule has 1 unspecified atom stereocenters. The monoisotopic (exact) mass is 390 g/mol. The van der Waals surface area contributed by atoms with Crippen molar-refractivity contribution in [3.63, 3.8) is 0 Å². The minimum Gasteiger partial charge on any atom is -0.334 e. The molecule has 1 fully saturated rings. The van der Waals surface area contributed by atoms with Crippen molar-refractivity contribution in [1.82, 2.24) is 20.4 Å². The number of halogens is 2. The van der Waals surface area contributed by atoms with Gasteiger partial charge < -0.3 is 9.84 Å². The third-order valence-corrected chi connectivity index (χ3v) is 4.66. The second-order valence-corrected chi connectivity index (χ2v) is 6.56. The Kier molecular flexibility index (Phi) is 6.27. The highest BCUT2D eigenvalue weighted by atomic mass is 35.5. The van der Waals surface area contributed by atoms with Gasteiger partial charge in [-0.3, -0.25) is 4.90 Å². The molecule has 0 saturated carbocycles. The van der Waals surface area contributed by atoms with Crippen LogP contribution in [0.15, 0.2) is 59.1 Å². The molecule has 26 heavy (non-hydrogen) atoms. The van der Waals surface area contributed by atoms with Crippen molar-refractivity contribution >= 4 is 24.0 Å². The van der Waals surface area contributed by atoms with Gasteiger partial charge in [-0.25, -0.2) is 0 Å². The first kappa shape index (κ1) is 18.9. The molecular weight excluding hydrogens is 371 g/mol. The Hall–Kier alpha value is -1.92. The van der Waals surface area contributed by atoms with Crippen LogP contribution < -0.4 is 5.32 Å². The zero-order valence-corrected chi connectivity index (χ0v) is 15.7. The number of benzene rings is 2. The third-order valence-electron chi connectivity index (χ3n) is 4.42. The minimum atomic E-state index is 0. The lowest BCUT2D eigenvalue weighted by atomic mass is 10.0. The Morgan fingerprint density at radius 1 is 1.15 bits per heavy atom. The highest BCUT2D eigenvalue weighted by Gasteiger charge is 2.25. The van der Waals surface area contributed by atoms with Crippen LogP contribution in [0.2, 0.25) is 5.02 Å². The molecule has 0 bridgehead atoms. The van der Waals surface area contributed by atoms with Crippen LogP contribution in [-0.4, -0.2) is 34.7 Å². The summed E-state index contributed by atoms with van der Waals surface area (Å²) in [5.74, 6) is 1.26. The van der Waals surface area contributed by atoms with Gasteiger partial charge in [0.25, 0.3) is 5.89 Å². The maximum absolute atomic E-state index is 6.16. The quantitative estimate of drug-likeness (QED) is 0.730. The lowest BCUT2D eigenvalue weighted by Gasteiger charge is -2.35. The Labute approximate surface area is 163 Å². The van der Waals surface area contributed by atoms with Crippen molar-refractivity contribution in [3.8, 4) is 11.5 Å². The maximum atomic E-state index is 6.16. The van der Waals surface area contributed by atoms with Crippen molar-refractivity contribution < 1.29 is 4.52 Å². The lowest BCUT2D eigenvalue weighted by Crippen LogP contribution is -2.45. The van der Waals surface area contributed by atoms with Crippen LogP contribution in [-0.2, 0) is 6.54 Å². The smallest absolute Gasteiger partial charge is 0.257 e. The summed E-state index contributed by atoms with van der Waals surface area (Å²) >= 11 is 6.16. The van der Waals surface area contributed by atoms with Gasteiger partial charge in [-0.15, -0.1) is 12.4 Å². The van der Waals surface area contributed by atoms with Gasteiger partial charge in [-0.2, -0.15) is 4.98 Å². The summed E-state index contributed by atoms with van der Waals surface area (Å²) in [5.41, 5.74) is 2.14. The van der Waals surface area contributed by atoms with Crippen molar-refractivity contribution in [1.29, 1.82) is 0 Å². The number of hydrogen-bond acceptors (Lipinski definition) is 5. The van der Waals surface area contributed by atoms with Crippen molar-refractivity contribution in [2.45, 2.75) is 12.6 Å². The molecule has 2 aromatic carbocycles. The Balaban J connectivity index is 0.00000196. The first-order valence-corrected chi connectivity index (χ1v) is 8.75. The van der Waals surface area contributed by atoms with Gasteiger partial charge in [0.2, 0.25) is 0 Å². The molecule has 0 spiro atoms. The number of nitrogens with one attached hydrogen (secondary N) is 1. The third kappa shape index (κ3) is 4.24. The molecule has 2 heterocycles. The molecule has 0 radical (unpaired) electrons. The SMILES string of the molecule is Cl.Clc1cccc(C2CNCCN2Cc2noc(-c3ccccc3)n2)c1. The van der Waals surface area contributed by atoms with E-state index in [1.165, 1.54) is 5.56 Å². The molecule has 1 aliphatic heterocycles. The predicted octanol–water partition coefficient (Wildman–Crippen LogP) is 3.96. The van der Waals surface area contributed by atoms with Crippen LogP contribution in [0.25, 0.3) is 11.5 Å². The highest BCUT2D eigenvalue weighted by Crippen LogP contribution is 2.26. The summed E-state index contributed by atoms with van der Waals surface area (Å²) in [4.78, 5) is 6.92. The van der Waals surface area contributed by atoms with Gasteiger partial charge in [0.05, 0.1) is 6.54 Å². The summed E-state index contributed by atoms with van der Waals surface area (Å²) in [6.45, 7) is 3.39. The molecule has 1 aliphatic rings. The first-order valence-electron chi connectivity index (χ1n) is 8.38. The second-order valence-electron chi connectivity index (χ2n) is 6.13. The number of hydrogen-bond donors (Lipinski definition) is 1. The molecule has 136 valence electrons. The maximum Gasteiger partial charge on any atom is 0.257 e. The van der Waals surface area contributed by atoms with Gasteiger partial charge in [0, 0.05) is 36.3 Å². The zero-order chi connectivity index (χ0) is 17.1. The van der Waals surface area contributed by atoms with E-state index in [-0.39, 0.29) is 18.4 Å². The van der Waals surface area contributed by atoms with Crippen molar-refractivity contribution in [3.05, 3.63) is 71.0 Å². The fraction of sp³-hybridized carbons (Fsp3) is 0.263. The summed E-state index contributed by atoms with van der Waals surface area (Å²) in [5, 5.41) is 8.37. The number of piperazine rings is 1. The van der Waals surface area contributed by atoms with Gasteiger partial charge in [0.15, 0.2) is 5.82 Å². The molecule has 0 amide bonds. The normalized spacial score (nSPS) is 17.7. The van der Waals surface area contributed by atoms with Crippen LogP contribution in [0.5, 0.6) is 0 Å². The van der Waals surface area contributed by atoms with Crippen molar-refractivity contribution in [2.75, 3.05) is 19.6 Å². The molecule has 5 nitrogen and oxygen atoms in total. The zero-order valence-electron chi connectivity index (χ0n) is 14.1. The number of rotatable bonds is 4. The van der Waals surface area contributed by atoms with E-state index >= 15 is 0 Å². The standard InChI is InChI=1S/C19H19ClN4O.ClH/c20-16-8-4-7-15(11-16)17-12-21-9-10-24(17)13-18-22-19(25-23-18)14-5-2-1-3-6-14;/h1-8,11,17,21H,9-10,12-13H2;1H. The molecule has 0 aliphatic carbocycles. The lowest BCUT2D eigenvalue weighted by molar-refractivity contribution is 0.148. The topological polar surface area (TPSA) is 54.2 Å². The largest absolute Gasteiger partial charge is 0.334 e. The van der Waals surface area contributed by atoms with E-state index in [4.69, 9.17) is 16.1 Å². The molecule has 1 aromatic heterocycles. The summed E-state index contributed by atoms with van der Waals surface area (Å²) < 4.78 is 5.43. The van der Waals surface area contributed by atoms with E-state index in [1.807, 2.05) is 48.5 Å². The molecule has 1 saturated heterocycles. The van der Waals surface area contributed by atoms with Crippen LogP contribution in [0.3, 0.4) is 0 Å². The number of aromatic nitrogens is 2. The van der Waals surface area contributed by atoms with E-state index in [0.717, 1.165) is 30.2 Å². The Bertz CT molecular complexity index is 840. The van der Waals surface area contributed by atoms with Gasteiger partial charge >= 0.3 is 0 Å². The summed E-state index contributed by atoms with van der Waals surface area (Å²) in [6.07, 6.45) is 0. The van der Waals surface area contributed by atoms with Crippen LogP contribution in [0.1, 0.15) is 17.4 Å². The van der Waals surface area contributed by atoms with E-state index in [1.54, 1.807) is 0 Å². The molecule has 4 rings (SSSR count). The predicted molar refractivity (Wildman–Crippen MR) is 104 cm³/mol. The summed E-state index contributed by atoms with van der Waals surface area (Å²) in [6, 6.07) is 18.1. The molecule has 1 N–H and O–H groups in total. The minimum absolute atomic E-state index is 0. The van der Waals surface area contributed by atoms with Gasteiger partial charge in [0.1, 0.15) is 0 Å². The number of nitrogens with zero attached hydrogens (tertiary/aromatic N) is 3. The average molecular weight is 391 g/mol. The first-order chi connectivity index (χ1) is 12.3. The summed E-state index contributed by atoms with van der Waals surface area (Å²) in [7, 11) is 0.